The van der Waals surface area contributed by atoms with E-state index in [0.29, 0.717) is 5.56 Å². The third-order valence-electron chi connectivity index (χ3n) is 3.42. The summed E-state index contributed by atoms with van der Waals surface area (Å²) in [5, 5.41) is 10.8. The number of nitro groups is 1. The van der Waals surface area contributed by atoms with E-state index < -0.39 is 16.0 Å². The molecule has 2 aromatic heterocycles. The molecule has 2 N–H and O–H groups in total. The Morgan fingerprint density at radius 1 is 0.840 bits per heavy atom. The largest absolute Gasteiger partial charge is 0.316 e. The predicted octanol–water partition coefficient (Wildman–Crippen LogP) is 0.0240. The Balaban J connectivity index is 2.06. The molecule has 0 aliphatic carbocycles. The van der Waals surface area contributed by atoms with Crippen LogP contribution < -0.4 is 21.8 Å². The zero-order valence-electron chi connectivity index (χ0n) is 12.8. The number of pyridine rings is 1. The Morgan fingerprint density at radius 3 is 1.80 bits per heavy atom. The van der Waals surface area contributed by atoms with Gasteiger partial charge < -0.3 is 9.97 Å². The van der Waals surface area contributed by atoms with Gasteiger partial charge in [-0.1, -0.05) is 0 Å². The Morgan fingerprint density at radius 2 is 1.32 bits per heavy atom. The van der Waals surface area contributed by atoms with Crippen molar-refractivity contribution in [2.24, 2.45) is 0 Å². The Hall–Kier alpha value is -3.81. The van der Waals surface area contributed by atoms with Gasteiger partial charge in [0.2, 0.25) is 0 Å². The van der Waals surface area contributed by atoms with Crippen molar-refractivity contribution >= 4 is 17.8 Å². The molecule has 8 nitrogen and oxygen atoms in total. The summed E-state index contributed by atoms with van der Waals surface area (Å²) in [6.45, 7) is 0. The van der Waals surface area contributed by atoms with Crippen LogP contribution in [0.2, 0.25) is 0 Å². The monoisotopic (exact) mass is 336 g/mol. The number of hydrogen-bond donors (Lipinski definition) is 2. The van der Waals surface area contributed by atoms with Crippen molar-refractivity contribution in [3.8, 4) is 0 Å². The van der Waals surface area contributed by atoms with Gasteiger partial charge in [-0.25, -0.2) is 0 Å². The Kier molecular flexibility index (Phi) is 4.34. The standard InChI is InChI=1S/C17H12N4O4/c22-16-14(9-11-1-3-13(4-2-11)21(24)25)19-17(23)15(20-16)10-12-5-7-18-8-6-12/h1-10H,(H,19,23)(H,20,22). The van der Waals surface area contributed by atoms with Crippen LogP contribution in [0.3, 0.4) is 0 Å². The predicted molar refractivity (Wildman–Crippen MR) is 91.4 cm³/mol. The van der Waals surface area contributed by atoms with E-state index in [1.807, 2.05) is 0 Å². The van der Waals surface area contributed by atoms with Crippen molar-refractivity contribution in [3.05, 3.63) is 101 Å². The SMILES string of the molecule is O=c1[nH]c(=Cc2ccc([N+](=O)[O-])cc2)c(=O)[nH]c1=Cc1ccncc1. The lowest BCUT2D eigenvalue weighted by atomic mass is 10.2. The van der Waals surface area contributed by atoms with E-state index in [9.17, 15) is 19.7 Å². The molecule has 3 rings (SSSR count). The van der Waals surface area contributed by atoms with Crippen LogP contribution in [0.4, 0.5) is 5.69 Å². The topological polar surface area (TPSA) is 122 Å². The molecule has 1 aromatic carbocycles. The molecule has 0 saturated carbocycles. The highest BCUT2D eigenvalue weighted by molar-refractivity contribution is 5.51. The molecule has 0 fully saturated rings. The number of nitro benzene ring substituents is 1. The van der Waals surface area contributed by atoms with Crippen molar-refractivity contribution in [2.75, 3.05) is 0 Å². The molecule has 25 heavy (non-hydrogen) atoms. The molecular formula is C17H12N4O4. The van der Waals surface area contributed by atoms with Crippen molar-refractivity contribution < 1.29 is 4.92 Å². The van der Waals surface area contributed by atoms with Crippen molar-refractivity contribution in [2.45, 2.75) is 0 Å². The zero-order chi connectivity index (χ0) is 17.8. The number of nitrogens with zero attached hydrogens (tertiary/aromatic N) is 2. The summed E-state index contributed by atoms with van der Waals surface area (Å²) >= 11 is 0. The van der Waals surface area contributed by atoms with Gasteiger partial charge in [-0.05, 0) is 47.5 Å². The van der Waals surface area contributed by atoms with E-state index in [-0.39, 0.29) is 16.4 Å². The molecule has 8 heteroatoms. The Labute approximate surface area is 140 Å². The summed E-state index contributed by atoms with van der Waals surface area (Å²) in [6.07, 6.45) is 6.14. The minimum atomic E-state index is -0.512. The second kappa shape index (κ2) is 6.75. The lowest BCUT2D eigenvalue weighted by Gasteiger charge is -1.95. The summed E-state index contributed by atoms with van der Waals surface area (Å²) in [5.41, 5.74) is 0.297. The number of nitrogens with one attached hydrogen (secondary N) is 2. The van der Waals surface area contributed by atoms with Gasteiger partial charge in [-0.15, -0.1) is 0 Å². The van der Waals surface area contributed by atoms with Gasteiger partial charge in [0.1, 0.15) is 10.7 Å². The van der Waals surface area contributed by atoms with E-state index >= 15 is 0 Å². The van der Waals surface area contributed by atoms with E-state index in [4.69, 9.17) is 0 Å². The second-order valence-electron chi connectivity index (χ2n) is 5.15. The van der Waals surface area contributed by atoms with Gasteiger partial charge in [-0.2, -0.15) is 0 Å². The van der Waals surface area contributed by atoms with Crippen LogP contribution in [0.5, 0.6) is 0 Å². The van der Waals surface area contributed by atoms with Crippen LogP contribution in [0, 0.1) is 10.1 Å². The summed E-state index contributed by atoms with van der Waals surface area (Å²) in [6, 6.07) is 9.04. The molecule has 0 aliphatic heterocycles. The molecule has 124 valence electrons. The molecule has 0 radical (unpaired) electrons. The average Bonchev–Trinajstić information content (AvgIpc) is 2.60. The highest BCUT2D eigenvalue weighted by Crippen LogP contribution is 2.11. The van der Waals surface area contributed by atoms with Gasteiger partial charge >= 0.3 is 0 Å². The molecule has 0 saturated heterocycles. The molecule has 0 atom stereocenters. The summed E-state index contributed by atoms with van der Waals surface area (Å²) in [4.78, 5) is 43.4. The Bertz CT molecular complexity index is 1150. The molecule has 0 amide bonds. The third-order valence-corrected chi connectivity index (χ3v) is 3.42. The fourth-order valence-corrected chi connectivity index (χ4v) is 2.18. The molecule has 0 unspecified atom stereocenters. The first-order chi connectivity index (χ1) is 12.0. The zero-order valence-corrected chi connectivity index (χ0v) is 12.8. The van der Waals surface area contributed by atoms with Crippen LogP contribution in [0.15, 0.2) is 58.4 Å². The van der Waals surface area contributed by atoms with Gasteiger partial charge in [0, 0.05) is 24.5 Å². The lowest BCUT2D eigenvalue weighted by molar-refractivity contribution is -0.384. The van der Waals surface area contributed by atoms with Crippen LogP contribution in [-0.4, -0.2) is 19.9 Å². The number of aromatic amines is 2. The van der Waals surface area contributed by atoms with Gasteiger partial charge in [-0.3, -0.25) is 24.7 Å². The third kappa shape index (κ3) is 3.75. The lowest BCUT2D eigenvalue weighted by Crippen LogP contribution is -2.46. The molecule has 0 spiro atoms. The van der Waals surface area contributed by atoms with Crippen molar-refractivity contribution in [1.29, 1.82) is 0 Å². The number of rotatable bonds is 3. The van der Waals surface area contributed by atoms with Crippen LogP contribution in [-0.2, 0) is 0 Å². The van der Waals surface area contributed by atoms with Crippen molar-refractivity contribution in [1.82, 2.24) is 15.0 Å². The smallest absolute Gasteiger partial charge is 0.272 e. The average molecular weight is 336 g/mol. The first-order valence-electron chi connectivity index (χ1n) is 7.23. The molecule has 0 bridgehead atoms. The number of benzene rings is 1. The number of non-ortho nitro benzene ring substituents is 1. The normalized spacial score (nSPS) is 12.3. The number of H-pyrrole nitrogens is 2. The highest BCUT2D eigenvalue weighted by Gasteiger charge is 2.03. The van der Waals surface area contributed by atoms with E-state index in [2.05, 4.69) is 15.0 Å². The summed E-state index contributed by atoms with van der Waals surface area (Å²) in [7, 11) is 0. The van der Waals surface area contributed by atoms with Crippen LogP contribution >= 0.6 is 0 Å². The molecule has 0 aliphatic rings. The maximum absolute atomic E-state index is 12.2. The van der Waals surface area contributed by atoms with E-state index in [0.717, 1.165) is 5.56 Å². The first-order valence-corrected chi connectivity index (χ1v) is 7.23. The molecule has 3 aromatic rings. The van der Waals surface area contributed by atoms with E-state index in [1.165, 1.54) is 36.4 Å². The van der Waals surface area contributed by atoms with Crippen LogP contribution in [0.25, 0.3) is 12.2 Å². The number of hydrogen-bond acceptors (Lipinski definition) is 5. The minimum absolute atomic E-state index is 0.0538. The van der Waals surface area contributed by atoms with E-state index in [1.54, 1.807) is 24.5 Å². The summed E-state index contributed by atoms with van der Waals surface area (Å²) < 4.78 is 0. The quantitative estimate of drug-likeness (QED) is 0.516. The van der Waals surface area contributed by atoms with Crippen LogP contribution in [0.1, 0.15) is 11.1 Å². The van der Waals surface area contributed by atoms with Gasteiger partial charge in [0.05, 0.1) is 4.92 Å². The van der Waals surface area contributed by atoms with Gasteiger partial charge in [0.25, 0.3) is 16.8 Å². The maximum Gasteiger partial charge on any atom is 0.272 e. The molecular weight excluding hydrogens is 324 g/mol. The van der Waals surface area contributed by atoms with Gasteiger partial charge in [0.15, 0.2) is 0 Å². The fourth-order valence-electron chi connectivity index (χ4n) is 2.18. The molecule has 2 heterocycles. The fraction of sp³-hybridized carbons (Fsp3) is 0. The minimum Gasteiger partial charge on any atom is -0.316 e. The second-order valence-corrected chi connectivity index (χ2v) is 5.15. The highest BCUT2D eigenvalue weighted by atomic mass is 16.6. The summed E-state index contributed by atoms with van der Waals surface area (Å²) in [5.74, 6) is 0. The van der Waals surface area contributed by atoms with Crippen molar-refractivity contribution in [3.63, 3.8) is 0 Å². The number of aromatic nitrogens is 3. The maximum atomic E-state index is 12.2. The first kappa shape index (κ1) is 16.1.